The highest BCUT2D eigenvalue weighted by atomic mass is 32.1. The summed E-state index contributed by atoms with van der Waals surface area (Å²) < 4.78 is 0. The smallest absolute Gasteiger partial charge is 0.313 e. The Morgan fingerprint density at radius 2 is 1.75 bits per heavy atom. The number of thiophene rings is 1. The van der Waals surface area contributed by atoms with Crippen molar-refractivity contribution >= 4 is 29.1 Å². The number of carbonyl (C=O) groups excluding carboxylic acids is 3. The highest BCUT2D eigenvalue weighted by Gasteiger charge is 2.36. The lowest BCUT2D eigenvalue weighted by molar-refractivity contribution is -0.151. The molecule has 0 unspecified atom stereocenters. The molecule has 0 radical (unpaired) electrons. The quantitative estimate of drug-likeness (QED) is 0.644. The fourth-order valence-electron chi connectivity index (χ4n) is 3.96. The lowest BCUT2D eigenvalue weighted by Gasteiger charge is -2.33. The molecule has 1 heterocycles. The van der Waals surface area contributed by atoms with Crippen molar-refractivity contribution in [1.29, 1.82) is 0 Å². The van der Waals surface area contributed by atoms with Crippen LogP contribution in [0.4, 0.5) is 0 Å². The van der Waals surface area contributed by atoms with Crippen molar-refractivity contribution < 1.29 is 14.4 Å². The molecule has 7 heteroatoms. The number of nitrogens with zero attached hydrogens (tertiary/aromatic N) is 1. The summed E-state index contributed by atoms with van der Waals surface area (Å²) in [6.07, 6.45) is 3.88. The fraction of sp³-hybridized carbons (Fsp3) is 0.480. The Morgan fingerprint density at radius 3 is 2.31 bits per heavy atom. The molecular weight excluding hydrogens is 422 g/mol. The molecule has 2 N–H and O–H groups in total. The van der Waals surface area contributed by atoms with E-state index in [1.165, 1.54) is 16.2 Å². The number of aryl methyl sites for hydroxylation is 1. The maximum Gasteiger partial charge on any atom is 0.313 e. The van der Waals surface area contributed by atoms with Gasteiger partial charge in [-0.25, -0.2) is 0 Å². The number of amides is 3. The predicted molar refractivity (Wildman–Crippen MR) is 127 cm³/mol. The number of carbonyl (C=O) groups is 3. The molecule has 6 nitrogen and oxygen atoms in total. The molecule has 1 aliphatic rings. The Morgan fingerprint density at radius 1 is 1.09 bits per heavy atom. The van der Waals surface area contributed by atoms with Gasteiger partial charge in [-0.05, 0) is 57.5 Å². The molecule has 1 aromatic carbocycles. The van der Waals surface area contributed by atoms with Crippen LogP contribution in [0.5, 0.6) is 0 Å². The molecule has 1 aromatic heterocycles. The minimum atomic E-state index is -0.918. The molecule has 1 saturated carbocycles. The molecule has 0 spiro atoms. The van der Waals surface area contributed by atoms with Gasteiger partial charge in [-0.15, -0.1) is 11.3 Å². The van der Waals surface area contributed by atoms with Crippen LogP contribution in [0, 0.1) is 6.92 Å². The average molecular weight is 456 g/mol. The average Bonchev–Trinajstić information content (AvgIpc) is 3.41. The Labute approximate surface area is 194 Å². The Hall–Kier alpha value is -2.67. The number of rotatable bonds is 6. The van der Waals surface area contributed by atoms with Crippen LogP contribution in [0.15, 0.2) is 41.8 Å². The van der Waals surface area contributed by atoms with Gasteiger partial charge in [0.1, 0.15) is 6.04 Å². The topological polar surface area (TPSA) is 78.5 Å². The molecule has 32 heavy (non-hydrogen) atoms. The summed E-state index contributed by atoms with van der Waals surface area (Å²) >= 11 is 1.50. The molecule has 0 saturated heterocycles. The normalized spacial score (nSPS) is 15.2. The van der Waals surface area contributed by atoms with Crippen molar-refractivity contribution in [3.8, 4) is 0 Å². The first kappa shape index (κ1) is 24.0. The van der Waals surface area contributed by atoms with E-state index >= 15 is 0 Å². The summed E-state index contributed by atoms with van der Waals surface area (Å²) in [5.41, 5.74) is 1.25. The van der Waals surface area contributed by atoms with E-state index in [4.69, 9.17) is 0 Å². The van der Waals surface area contributed by atoms with E-state index < -0.39 is 23.4 Å². The Bertz CT molecular complexity index is 926. The molecule has 1 atom stereocenters. The van der Waals surface area contributed by atoms with Crippen LogP contribution in [-0.4, -0.2) is 34.2 Å². The molecule has 3 rings (SSSR count). The van der Waals surface area contributed by atoms with Gasteiger partial charge in [0.15, 0.2) is 0 Å². The molecule has 0 bridgehead atoms. The van der Waals surface area contributed by atoms with E-state index in [0.29, 0.717) is 5.56 Å². The first-order valence-corrected chi connectivity index (χ1v) is 12.0. The van der Waals surface area contributed by atoms with Gasteiger partial charge in [-0.1, -0.05) is 48.7 Å². The molecule has 172 valence electrons. The van der Waals surface area contributed by atoms with Gasteiger partial charge in [0.2, 0.25) is 5.91 Å². The molecule has 1 aliphatic carbocycles. The van der Waals surface area contributed by atoms with Crippen LogP contribution in [0.1, 0.15) is 68.5 Å². The second-order valence-electron chi connectivity index (χ2n) is 9.52. The highest BCUT2D eigenvalue weighted by Crippen LogP contribution is 2.27. The number of hydrogen-bond donors (Lipinski definition) is 2. The van der Waals surface area contributed by atoms with Crippen molar-refractivity contribution in [1.82, 2.24) is 15.5 Å². The molecule has 3 amide bonds. The summed E-state index contributed by atoms with van der Waals surface area (Å²) in [5, 5.41) is 7.80. The number of hydrogen-bond acceptors (Lipinski definition) is 4. The lowest BCUT2D eigenvalue weighted by atomic mass is 10.00. The van der Waals surface area contributed by atoms with Crippen LogP contribution < -0.4 is 10.6 Å². The van der Waals surface area contributed by atoms with E-state index in [0.717, 1.165) is 36.1 Å². The van der Waals surface area contributed by atoms with Gasteiger partial charge in [0.05, 0.1) is 6.54 Å². The number of benzene rings is 1. The maximum atomic E-state index is 13.5. The SMILES string of the molecule is Cc1ccc([C@H](C(=O)NC(C)(C)C)N(Cc2cccs2)C(=O)C(=O)NC2CCCC2)cc1. The van der Waals surface area contributed by atoms with Crippen LogP contribution in [0.25, 0.3) is 0 Å². The van der Waals surface area contributed by atoms with Crippen molar-refractivity contribution in [2.75, 3.05) is 0 Å². The standard InChI is InChI=1S/C25H33N3O3S/c1-17-11-13-18(14-12-17)21(22(29)27-25(2,3)4)28(16-20-10-7-15-32-20)24(31)23(30)26-19-8-5-6-9-19/h7,10-15,19,21H,5-6,8-9,16H2,1-4H3,(H,26,30)(H,27,29)/t21-/m1/s1. The van der Waals surface area contributed by atoms with Gasteiger partial charge in [0.25, 0.3) is 0 Å². The van der Waals surface area contributed by atoms with E-state index in [1.807, 2.05) is 69.5 Å². The summed E-state index contributed by atoms with van der Waals surface area (Å²) in [6, 6.07) is 10.5. The van der Waals surface area contributed by atoms with E-state index in [2.05, 4.69) is 10.6 Å². The summed E-state index contributed by atoms with van der Waals surface area (Å²) in [5.74, 6) is -1.63. The number of nitrogens with one attached hydrogen (secondary N) is 2. The van der Waals surface area contributed by atoms with Crippen molar-refractivity contribution in [3.05, 3.63) is 57.8 Å². The third kappa shape index (κ3) is 6.42. The van der Waals surface area contributed by atoms with Crippen LogP contribution in [0.2, 0.25) is 0 Å². The largest absolute Gasteiger partial charge is 0.349 e. The summed E-state index contributed by atoms with van der Waals surface area (Å²) in [7, 11) is 0. The zero-order chi connectivity index (χ0) is 23.3. The lowest BCUT2D eigenvalue weighted by Crippen LogP contribution is -2.52. The molecule has 2 aromatic rings. The second-order valence-corrected chi connectivity index (χ2v) is 10.6. The minimum Gasteiger partial charge on any atom is -0.349 e. The first-order chi connectivity index (χ1) is 15.1. The van der Waals surface area contributed by atoms with E-state index in [9.17, 15) is 14.4 Å². The van der Waals surface area contributed by atoms with Crippen molar-refractivity contribution in [2.24, 2.45) is 0 Å². The van der Waals surface area contributed by atoms with Gasteiger partial charge >= 0.3 is 11.8 Å². The highest BCUT2D eigenvalue weighted by molar-refractivity contribution is 7.09. The van der Waals surface area contributed by atoms with Crippen molar-refractivity contribution in [2.45, 2.75) is 77.5 Å². The predicted octanol–water partition coefficient (Wildman–Crippen LogP) is 4.10. The molecule has 0 aliphatic heterocycles. The zero-order valence-corrected chi connectivity index (χ0v) is 20.1. The van der Waals surface area contributed by atoms with Crippen molar-refractivity contribution in [3.63, 3.8) is 0 Å². The van der Waals surface area contributed by atoms with Gasteiger partial charge in [-0.3, -0.25) is 14.4 Å². The Balaban J connectivity index is 1.97. The van der Waals surface area contributed by atoms with Crippen LogP contribution >= 0.6 is 11.3 Å². The molecular formula is C25H33N3O3S. The second kappa shape index (κ2) is 10.3. The van der Waals surface area contributed by atoms with Crippen LogP contribution in [0.3, 0.4) is 0 Å². The van der Waals surface area contributed by atoms with Gasteiger partial charge < -0.3 is 15.5 Å². The van der Waals surface area contributed by atoms with Crippen LogP contribution in [-0.2, 0) is 20.9 Å². The van der Waals surface area contributed by atoms with Gasteiger partial charge in [-0.2, -0.15) is 0 Å². The maximum absolute atomic E-state index is 13.5. The summed E-state index contributed by atoms with van der Waals surface area (Å²) in [4.78, 5) is 42.2. The first-order valence-electron chi connectivity index (χ1n) is 11.2. The van der Waals surface area contributed by atoms with Gasteiger partial charge in [0, 0.05) is 16.5 Å². The van der Waals surface area contributed by atoms with E-state index in [-0.39, 0.29) is 18.5 Å². The minimum absolute atomic E-state index is 0.0243. The molecule has 1 fully saturated rings. The summed E-state index contributed by atoms with van der Waals surface area (Å²) in [6.45, 7) is 7.85. The Kier molecular flexibility index (Phi) is 7.72. The monoisotopic (exact) mass is 455 g/mol. The third-order valence-electron chi connectivity index (χ3n) is 5.50. The fourth-order valence-corrected chi connectivity index (χ4v) is 4.66. The third-order valence-corrected chi connectivity index (χ3v) is 6.36. The van der Waals surface area contributed by atoms with E-state index in [1.54, 1.807) is 0 Å². The zero-order valence-electron chi connectivity index (χ0n) is 19.3.